The van der Waals surface area contributed by atoms with Gasteiger partial charge in [0.1, 0.15) is 0 Å². The molecule has 3 heteroatoms. The molecular weight excluding hydrogens is 408 g/mol. The van der Waals surface area contributed by atoms with Crippen LogP contribution in [0, 0.1) is 0 Å². The molecule has 5 aliphatic heterocycles. The maximum atomic E-state index is 4.81. The summed E-state index contributed by atoms with van der Waals surface area (Å²) < 4.78 is 0. The molecule has 0 saturated carbocycles. The van der Waals surface area contributed by atoms with E-state index in [0.717, 1.165) is 0 Å². The third-order valence-electron chi connectivity index (χ3n) is 9.20. The summed E-state index contributed by atoms with van der Waals surface area (Å²) in [4.78, 5) is 8.90. The molecule has 2 aromatic rings. The summed E-state index contributed by atoms with van der Waals surface area (Å²) >= 11 is 0. The number of aryl methyl sites for hydroxylation is 2. The van der Waals surface area contributed by atoms with Gasteiger partial charge in [0.05, 0.1) is 0 Å². The highest BCUT2D eigenvalue weighted by Gasteiger charge is 2.46. The summed E-state index contributed by atoms with van der Waals surface area (Å²) in [6.45, 7) is 9.80. The fraction of sp³-hybridized carbons (Fsp3) is 0.517. The first-order valence-corrected chi connectivity index (χ1v) is 16.5. The molecule has 0 aromatic heterocycles. The van der Waals surface area contributed by atoms with E-state index in [-0.39, 0.29) is 0 Å². The number of rotatable bonds is 0. The monoisotopic (exact) mass is 446 g/mol. The number of anilines is 2. The Bertz CT molecular complexity index is 1120. The first kappa shape index (κ1) is 19.6. The Labute approximate surface area is 194 Å². The van der Waals surface area contributed by atoms with Crippen molar-refractivity contribution in [1.29, 1.82) is 0 Å². The average molecular weight is 447 g/mol. The number of nitrogens with zero attached hydrogens (tertiary/aromatic N) is 2. The van der Waals surface area contributed by atoms with Crippen LogP contribution in [0.25, 0.3) is 5.57 Å². The minimum absolute atomic E-state index is 1.24. The van der Waals surface area contributed by atoms with Crippen LogP contribution in [-0.4, -0.2) is 44.9 Å². The highest BCUT2D eigenvalue weighted by molar-refractivity contribution is 8.48. The van der Waals surface area contributed by atoms with Crippen molar-refractivity contribution in [2.75, 3.05) is 54.7 Å². The maximum absolute atomic E-state index is 4.81. The van der Waals surface area contributed by atoms with Gasteiger partial charge in [0, 0.05) is 37.6 Å². The van der Waals surface area contributed by atoms with Gasteiger partial charge in [-0.1, -0.05) is 6.58 Å². The molecule has 170 valence electrons. The zero-order valence-electron chi connectivity index (χ0n) is 20.2. The Balaban J connectivity index is 1.59. The van der Waals surface area contributed by atoms with E-state index >= 15 is 0 Å². The van der Waals surface area contributed by atoms with Crippen LogP contribution in [0.4, 0.5) is 11.4 Å². The van der Waals surface area contributed by atoms with E-state index in [2.05, 4.69) is 40.7 Å². The van der Waals surface area contributed by atoms with Gasteiger partial charge < -0.3 is 9.80 Å². The molecule has 2 nitrogen and oxygen atoms in total. The standard InChI is InChI=1S/C29H38N2S/c1-19-24-17-20-9-5-13-30-15-7-11-22(26(20)30)28(24)32(2,3,4)29-23-12-8-16-31-14-6-10-21(27(23)31)18-25(19)29/h17-18,32H,1,5-16H2,2-4H3. The van der Waals surface area contributed by atoms with Gasteiger partial charge in [-0.2, -0.15) is 0 Å². The molecule has 0 aliphatic carbocycles. The van der Waals surface area contributed by atoms with Crippen LogP contribution >= 0.6 is 9.16 Å². The van der Waals surface area contributed by atoms with E-state index in [1.54, 1.807) is 43.4 Å². The average Bonchev–Trinajstić information content (AvgIpc) is 2.77. The minimum Gasteiger partial charge on any atom is -0.371 e. The van der Waals surface area contributed by atoms with E-state index in [1.807, 2.05) is 0 Å². The summed E-state index contributed by atoms with van der Waals surface area (Å²) in [6, 6.07) is 5.18. The van der Waals surface area contributed by atoms with Crippen molar-refractivity contribution in [1.82, 2.24) is 0 Å². The number of hydrogen-bond acceptors (Lipinski definition) is 2. The Morgan fingerprint density at radius 1 is 0.656 bits per heavy atom. The Hall–Kier alpha value is -1.87. The molecule has 0 radical (unpaired) electrons. The van der Waals surface area contributed by atoms with Crippen LogP contribution in [0.3, 0.4) is 0 Å². The summed E-state index contributed by atoms with van der Waals surface area (Å²) in [6.07, 6.45) is 18.2. The summed E-state index contributed by atoms with van der Waals surface area (Å²) in [5.41, 5.74) is 14.2. The van der Waals surface area contributed by atoms with Crippen molar-refractivity contribution in [3.05, 3.63) is 52.1 Å². The molecule has 2 aromatic carbocycles. The molecule has 0 spiro atoms. The molecule has 0 unspecified atom stereocenters. The lowest BCUT2D eigenvalue weighted by Gasteiger charge is -2.61. The molecule has 5 aliphatic rings. The van der Waals surface area contributed by atoms with Crippen molar-refractivity contribution in [2.45, 2.75) is 61.2 Å². The van der Waals surface area contributed by atoms with E-state index in [0.29, 0.717) is 0 Å². The Morgan fingerprint density at radius 3 is 1.50 bits per heavy atom. The maximum Gasteiger partial charge on any atom is 0.0442 e. The first-order valence-electron chi connectivity index (χ1n) is 12.9. The molecule has 32 heavy (non-hydrogen) atoms. The van der Waals surface area contributed by atoms with Gasteiger partial charge in [0.2, 0.25) is 0 Å². The molecule has 0 N–H and O–H groups in total. The van der Waals surface area contributed by atoms with Gasteiger partial charge in [0.25, 0.3) is 0 Å². The van der Waals surface area contributed by atoms with Crippen LogP contribution in [0.5, 0.6) is 0 Å². The molecule has 0 amide bonds. The zero-order valence-corrected chi connectivity index (χ0v) is 21.1. The largest absolute Gasteiger partial charge is 0.371 e. The van der Waals surface area contributed by atoms with Crippen LogP contribution in [0.2, 0.25) is 0 Å². The van der Waals surface area contributed by atoms with E-state index in [9.17, 15) is 0 Å². The highest BCUT2D eigenvalue weighted by Crippen LogP contribution is 2.80. The van der Waals surface area contributed by atoms with E-state index < -0.39 is 9.16 Å². The smallest absolute Gasteiger partial charge is 0.0442 e. The molecule has 0 bridgehead atoms. The third kappa shape index (κ3) is 2.34. The van der Waals surface area contributed by atoms with Crippen molar-refractivity contribution < 1.29 is 0 Å². The molecule has 0 fully saturated rings. The van der Waals surface area contributed by atoms with Gasteiger partial charge in [-0.15, -0.1) is 0 Å². The Morgan fingerprint density at radius 2 is 1.06 bits per heavy atom. The lowest BCUT2D eigenvalue weighted by Crippen LogP contribution is -2.38. The van der Waals surface area contributed by atoms with Gasteiger partial charge >= 0.3 is 0 Å². The lowest BCUT2D eigenvalue weighted by molar-refractivity contribution is 0.624. The summed E-state index contributed by atoms with van der Waals surface area (Å²) in [7, 11) is -2.34. The number of hydrogen-bond donors (Lipinski definition) is 1. The summed E-state index contributed by atoms with van der Waals surface area (Å²) in [5.74, 6) is 0. The fourth-order valence-electron chi connectivity index (χ4n) is 8.19. The molecular formula is C29H38N2S. The number of fused-ring (bicyclic) bond motifs is 4. The van der Waals surface area contributed by atoms with Gasteiger partial charge in [-0.25, -0.2) is 9.16 Å². The molecule has 7 rings (SSSR count). The SMILES string of the molecule is C=C1c2cc3c4c(c2[SH](C)(C)(C)c2c1cc1c5c2CCCN5CCC1)CCCN4CCC3. The number of thiol groups is 1. The number of benzene rings is 2. The first-order chi connectivity index (χ1) is 15.3. The van der Waals surface area contributed by atoms with Gasteiger partial charge in [0.15, 0.2) is 0 Å². The van der Waals surface area contributed by atoms with E-state index in [4.69, 9.17) is 6.58 Å². The lowest BCUT2D eigenvalue weighted by atomic mass is 9.84. The van der Waals surface area contributed by atoms with Crippen molar-refractivity contribution in [3.8, 4) is 0 Å². The Kier molecular flexibility index (Phi) is 3.78. The van der Waals surface area contributed by atoms with E-state index in [1.165, 1.54) is 94.2 Å². The van der Waals surface area contributed by atoms with Crippen LogP contribution < -0.4 is 9.80 Å². The van der Waals surface area contributed by atoms with Crippen molar-refractivity contribution in [2.24, 2.45) is 0 Å². The molecule has 0 saturated heterocycles. The summed E-state index contributed by atoms with van der Waals surface area (Å²) in [5, 5.41) is 0. The molecule has 5 heterocycles. The van der Waals surface area contributed by atoms with Gasteiger partial charge in [-0.05, 0) is 131 Å². The fourth-order valence-corrected chi connectivity index (χ4v) is 12.8. The molecule has 0 atom stereocenters. The predicted octanol–water partition coefficient (Wildman–Crippen LogP) is 5.84. The van der Waals surface area contributed by atoms with Crippen molar-refractivity contribution >= 4 is 26.1 Å². The second-order valence-electron chi connectivity index (χ2n) is 12.2. The second-order valence-corrected chi connectivity index (χ2v) is 18.7. The second kappa shape index (κ2) is 6.17. The van der Waals surface area contributed by atoms with Crippen molar-refractivity contribution in [3.63, 3.8) is 0 Å². The quantitative estimate of drug-likeness (QED) is 0.508. The minimum atomic E-state index is -2.34. The third-order valence-corrected chi connectivity index (χ3v) is 13.4. The predicted molar refractivity (Wildman–Crippen MR) is 142 cm³/mol. The normalized spacial score (nSPS) is 25.1. The van der Waals surface area contributed by atoms with Gasteiger partial charge in [-0.3, -0.25) is 0 Å². The topological polar surface area (TPSA) is 6.48 Å². The van der Waals surface area contributed by atoms with Crippen LogP contribution in [0.1, 0.15) is 59.1 Å². The zero-order chi connectivity index (χ0) is 21.9. The highest BCUT2D eigenvalue weighted by atomic mass is 32.3. The van der Waals surface area contributed by atoms with Crippen LogP contribution in [-0.2, 0) is 25.7 Å². The van der Waals surface area contributed by atoms with Crippen LogP contribution in [0.15, 0.2) is 28.5 Å².